The summed E-state index contributed by atoms with van der Waals surface area (Å²) in [6.07, 6.45) is -5.80. The lowest BCUT2D eigenvalue weighted by Gasteiger charge is -2.24. The van der Waals surface area contributed by atoms with E-state index in [1.54, 1.807) is 0 Å². The molecule has 3 atom stereocenters. The van der Waals surface area contributed by atoms with E-state index in [9.17, 15) is 35.2 Å². The predicted octanol–water partition coefficient (Wildman–Crippen LogP) is 3.32. The first-order valence-corrected chi connectivity index (χ1v) is 12.7. The summed E-state index contributed by atoms with van der Waals surface area (Å²) < 4.78 is 101. The van der Waals surface area contributed by atoms with Gasteiger partial charge in [0.2, 0.25) is 5.76 Å². The SMILES string of the molecule is Cc1c(C23CN(C(=O)c4cc(S(C)(=O)=O)ccc4O[C@@H](C)C(F)(F)F)CC2(N)C3)noc1C(C)(F)F. The highest BCUT2D eigenvalue weighted by Crippen LogP contribution is 2.61. The number of nitrogens with zero attached hydrogens (tertiary/aromatic N) is 2. The van der Waals surface area contributed by atoms with E-state index in [0.29, 0.717) is 13.3 Å². The lowest BCUT2D eigenvalue weighted by atomic mass is 9.94. The lowest BCUT2D eigenvalue weighted by Crippen LogP contribution is -2.37. The van der Waals surface area contributed by atoms with Gasteiger partial charge in [-0.1, -0.05) is 5.16 Å². The summed E-state index contributed by atoms with van der Waals surface area (Å²) in [4.78, 5) is 14.4. The molecule has 2 N–H and O–H groups in total. The Kier molecular flexibility index (Phi) is 5.76. The summed E-state index contributed by atoms with van der Waals surface area (Å²) in [5.74, 6) is -5.18. The van der Waals surface area contributed by atoms with Crippen LogP contribution in [-0.4, -0.2) is 61.5 Å². The third-order valence-electron chi connectivity index (χ3n) is 6.82. The topological polar surface area (TPSA) is 116 Å². The van der Waals surface area contributed by atoms with Gasteiger partial charge in [-0.15, -0.1) is 0 Å². The molecule has 1 aliphatic heterocycles. The second-order valence-electron chi connectivity index (χ2n) is 9.68. The van der Waals surface area contributed by atoms with E-state index in [1.165, 1.54) is 11.8 Å². The number of fused-ring (bicyclic) bond motifs is 1. The molecule has 8 nitrogen and oxygen atoms in total. The van der Waals surface area contributed by atoms with Crippen LogP contribution in [0.1, 0.15) is 47.6 Å². The van der Waals surface area contributed by atoms with Crippen molar-refractivity contribution >= 4 is 15.7 Å². The number of nitrogens with two attached hydrogens (primary N) is 1. The fourth-order valence-electron chi connectivity index (χ4n) is 4.80. The maximum atomic E-state index is 13.9. The molecule has 14 heteroatoms. The smallest absolute Gasteiger partial charge is 0.425 e. The summed E-state index contributed by atoms with van der Waals surface area (Å²) in [6.45, 7) is 2.68. The van der Waals surface area contributed by atoms with Gasteiger partial charge in [0.25, 0.3) is 5.91 Å². The van der Waals surface area contributed by atoms with Gasteiger partial charge in [0.15, 0.2) is 15.9 Å². The molecule has 198 valence electrons. The molecule has 2 fully saturated rings. The standard InChI is InChI=1S/C22H24F5N3O5S/c1-11-16(29-35-17(11)19(3,23)24)20-8-21(20,28)10-30(9-20)18(31)14-7-13(36(4,32)33)5-6-15(14)34-12(2)22(25,26)27/h5-7,12H,8-10,28H2,1-4H3/t12-,20?,21?/m0/s1. The van der Waals surface area contributed by atoms with Gasteiger partial charge in [0.05, 0.1) is 21.6 Å². The number of rotatable bonds is 6. The Bertz CT molecular complexity index is 1340. The van der Waals surface area contributed by atoms with Crippen molar-refractivity contribution in [3.63, 3.8) is 0 Å². The van der Waals surface area contributed by atoms with Crippen LogP contribution >= 0.6 is 0 Å². The summed E-state index contributed by atoms with van der Waals surface area (Å²) in [6, 6.07) is 2.99. The number of sulfone groups is 1. The molecular weight excluding hydrogens is 513 g/mol. The van der Waals surface area contributed by atoms with Crippen molar-refractivity contribution in [2.24, 2.45) is 5.73 Å². The minimum Gasteiger partial charge on any atom is -0.480 e. The number of carbonyl (C=O) groups is 1. The van der Waals surface area contributed by atoms with Gasteiger partial charge < -0.3 is 19.9 Å². The maximum Gasteiger partial charge on any atom is 0.425 e. The van der Waals surface area contributed by atoms with Gasteiger partial charge in [0, 0.05) is 37.4 Å². The number of amides is 1. The number of likely N-dealkylation sites (tertiary alicyclic amines) is 1. The molecule has 1 saturated heterocycles. The first kappa shape index (κ1) is 26.3. The number of hydrogen-bond donors (Lipinski definition) is 1. The fourth-order valence-corrected chi connectivity index (χ4v) is 5.45. The van der Waals surface area contributed by atoms with Crippen LogP contribution in [0.3, 0.4) is 0 Å². The predicted molar refractivity (Wildman–Crippen MR) is 116 cm³/mol. The molecule has 1 aliphatic carbocycles. The van der Waals surface area contributed by atoms with E-state index in [4.69, 9.17) is 15.0 Å². The summed E-state index contributed by atoms with van der Waals surface area (Å²) in [5, 5.41) is 3.82. The number of benzene rings is 1. The first-order chi connectivity index (χ1) is 16.3. The average Bonchev–Trinajstić information content (AvgIpc) is 3.00. The molecule has 0 bridgehead atoms. The van der Waals surface area contributed by atoms with E-state index in [2.05, 4.69) is 5.16 Å². The Morgan fingerprint density at radius 3 is 2.42 bits per heavy atom. The molecule has 2 aliphatic rings. The van der Waals surface area contributed by atoms with Crippen LogP contribution < -0.4 is 10.5 Å². The molecule has 2 aromatic rings. The van der Waals surface area contributed by atoms with Crippen molar-refractivity contribution in [1.82, 2.24) is 10.1 Å². The van der Waals surface area contributed by atoms with Crippen LogP contribution in [0.2, 0.25) is 0 Å². The second kappa shape index (κ2) is 7.88. The summed E-state index contributed by atoms with van der Waals surface area (Å²) in [7, 11) is -3.81. The molecule has 4 rings (SSSR count). The van der Waals surface area contributed by atoms with Crippen molar-refractivity contribution in [2.75, 3.05) is 19.3 Å². The molecule has 0 spiro atoms. The molecule has 0 radical (unpaired) electrons. The zero-order valence-corrected chi connectivity index (χ0v) is 20.6. The normalized spacial score (nSPS) is 25.0. The molecule has 2 heterocycles. The van der Waals surface area contributed by atoms with E-state index >= 15 is 0 Å². The second-order valence-corrected chi connectivity index (χ2v) is 11.7. The van der Waals surface area contributed by atoms with Crippen LogP contribution in [0.5, 0.6) is 5.75 Å². The van der Waals surface area contributed by atoms with Crippen LogP contribution in [0.15, 0.2) is 27.6 Å². The Labute approximate surface area is 203 Å². The third kappa shape index (κ3) is 4.23. The molecule has 1 amide bonds. The molecule has 1 aromatic carbocycles. The first-order valence-electron chi connectivity index (χ1n) is 10.8. The van der Waals surface area contributed by atoms with Crippen LogP contribution in [0.4, 0.5) is 22.0 Å². The number of ether oxygens (including phenoxy) is 1. The number of hydrogen-bond acceptors (Lipinski definition) is 7. The van der Waals surface area contributed by atoms with Gasteiger partial charge in [-0.25, -0.2) is 8.42 Å². The quantitative estimate of drug-likeness (QED) is 0.562. The van der Waals surface area contributed by atoms with Gasteiger partial charge in [-0.05, 0) is 38.5 Å². The van der Waals surface area contributed by atoms with Gasteiger partial charge >= 0.3 is 12.1 Å². The Balaban J connectivity index is 1.70. The fraction of sp³-hybridized carbons (Fsp3) is 0.545. The van der Waals surface area contributed by atoms with Crippen LogP contribution in [-0.2, 0) is 21.2 Å². The highest BCUT2D eigenvalue weighted by Gasteiger charge is 2.73. The minimum atomic E-state index is -4.74. The van der Waals surface area contributed by atoms with Crippen molar-refractivity contribution < 1.29 is 44.4 Å². The van der Waals surface area contributed by atoms with E-state index in [-0.39, 0.29) is 29.2 Å². The molecular formula is C22H24F5N3O5S. The average molecular weight is 538 g/mol. The van der Waals surface area contributed by atoms with Crippen molar-refractivity contribution in [3.05, 3.63) is 40.8 Å². The lowest BCUT2D eigenvalue weighted by molar-refractivity contribution is -0.189. The zero-order chi connectivity index (χ0) is 27.1. The van der Waals surface area contributed by atoms with E-state index < -0.39 is 62.0 Å². The monoisotopic (exact) mass is 537 g/mol. The van der Waals surface area contributed by atoms with Crippen molar-refractivity contribution in [2.45, 2.75) is 61.2 Å². The number of carbonyl (C=O) groups excluding carboxylic acids is 1. The number of aromatic nitrogens is 1. The number of alkyl halides is 5. The maximum absolute atomic E-state index is 13.9. The largest absolute Gasteiger partial charge is 0.480 e. The van der Waals surface area contributed by atoms with Crippen molar-refractivity contribution in [3.8, 4) is 5.75 Å². The van der Waals surface area contributed by atoms with Gasteiger partial charge in [-0.2, -0.15) is 22.0 Å². The summed E-state index contributed by atoms with van der Waals surface area (Å²) in [5.41, 5.74) is 4.32. The minimum absolute atomic E-state index is 0.0622. The van der Waals surface area contributed by atoms with Crippen LogP contribution in [0.25, 0.3) is 0 Å². The zero-order valence-electron chi connectivity index (χ0n) is 19.7. The number of halogens is 5. The number of piperidine rings is 1. The van der Waals surface area contributed by atoms with Gasteiger partial charge in [-0.3, -0.25) is 4.79 Å². The Morgan fingerprint density at radius 2 is 1.89 bits per heavy atom. The van der Waals surface area contributed by atoms with E-state index in [1.807, 2.05) is 0 Å². The van der Waals surface area contributed by atoms with Crippen molar-refractivity contribution in [1.29, 1.82) is 0 Å². The highest BCUT2D eigenvalue weighted by atomic mass is 32.2. The summed E-state index contributed by atoms with van der Waals surface area (Å²) >= 11 is 0. The van der Waals surface area contributed by atoms with Gasteiger partial charge in [0.1, 0.15) is 5.75 Å². The highest BCUT2D eigenvalue weighted by molar-refractivity contribution is 7.90. The Morgan fingerprint density at radius 1 is 1.25 bits per heavy atom. The molecule has 2 unspecified atom stereocenters. The molecule has 1 aromatic heterocycles. The van der Waals surface area contributed by atoms with E-state index in [0.717, 1.165) is 31.4 Å². The third-order valence-corrected chi connectivity index (χ3v) is 7.93. The van der Waals surface area contributed by atoms with Crippen LogP contribution in [0, 0.1) is 6.92 Å². The Hall–Kier alpha value is -2.74. The molecule has 1 saturated carbocycles. The molecule has 36 heavy (non-hydrogen) atoms.